The van der Waals surface area contributed by atoms with Gasteiger partial charge < -0.3 is 5.11 Å². The van der Waals surface area contributed by atoms with E-state index in [0.717, 1.165) is 5.56 Å². The number of hydrogen-bond acceptors (Lipinski definition) is 1. The van der Waals surface area contributed by atoms with Gasteiger partial charge in [-0.3, -0.25) is 0 Å². The van der Waals surface area contributed by atoms with E-state index < -0.39 is 5.82 Å². The summed E-state index contributed by atoms with van der Waals surface area (Å²) in [5.74, 6) is -0.420. The Morgan fingerprint density at radius 3 is 2.77 bits per heavy atom. The SMILES string of the molecule is CCC(O)Cc1ccc(F)c(Cl)c1. The van der Waals surface area contributed by atoms with Crippen LogP contribution in [0.3, 0.4) is 0 Å². The van der Waals surface area contributed by atoms with Gasteiger partial charge in [0, 0.05) is 0 Å². The first kappa shape index (κ1) is 10.5. The Labute approximate surface area is 82.2 Å². The van der Waals surface area contributed by atoms with E-state index in [4.69, 9.17) is 11.6 Å². The molecule has 1 rings (SSSR count). The second-order valence-corrected chi connectivity index (χ2v) is 3.42. The Bertz CT molecular complexity index is 288. The van der Waals surface area contributed by atoms with Gasteiger partial charge in [-0.25, -0.2) is 4.39 Å². The number of hydrogen-bond donors (Lipinski definition) is 1. The van der Waals surface area contributed by atoms with Crippen LogP contribution in [0.15, 0.2) is 18.2 Å². The number of aliphatic hydroxyl groups excluding tert-OH is 1. The molecule has 1 nitrogen and oxygen atoms in total. The van der Waals surface area contributed by atoms with E-state index in [1.807, 2.05) is 6.92 Å². The second kappa shape index (κ2) is 4.58. The molecule has 0 saturated carbocycles. The van der Waals surface area contributed by atoms with Crippen molar-refractivity contribution >= 4 is 11.6 Å². The van der Waals surface area contributed by atoms with Crippen LogP contribution >= 0.6 is 11.6 Å². The highest BCUT2D eigenvalue weighted by molar-refractivity contribution is 6.30. The van der Waals surface area contributed by atoms with Crippen LogP contribution in [0.2, 0.25) is 5.02 Å². The molecule has 0 fully saturated rings. The molecule has 0 bridgehead atoms. The van der Waals surface area contributed by atoms with Gasteiger partial charge in [-0.05, 0) is 30.5 Å². The third-order valence-corrected chi connectivity index (χ3v) is 2.22. The summed E-state index contributed by atoms with van der Waals surface area (Å²) >= 11 is 5.58. The Kier molecular flexibility index (Phi) is 3.70. The maximum absolute atomic E-state index is 12.7. The van der Waals surface area contributed by atoms with Crippen LogP contribution in [0, 0.1) is 5.82 Å². The lowest BCUT2D eigenvalue weighted by Gasteiger charge is -2.07. The minimum absolute atomic E-state index is 0.112. The van der Waals surface area contributed by atoms with Crippen molar-refractivity contribution in [1.29, 1.82) is 0 Å². The molecule has 1 aromatic carbocycles. The fraction of sp³-hybridized carbons (Fsp3) is 0.400. The highest BCUT2D eigenvalue weighted by atomic mass is 35.5. The minimum Gasteiger partial charge on any atom is -0.393 e. The van der Waals surface area contributed by atoms with Gasteiger partial charge in [-0.1, -0.05) is 24.6 Å². The Balaban J connectivity index is 2.73. The molecule has 0 aliphatic rings. The number of aliphatic hydroxyl groups is 1. The van der Waals surface area contributed by atoms with Crippen molar-refractivity contribution in [2.24, 2.45) is 0 Å². The second-order valence-electron chi connectivity index (χ2n) is 3.01. The van der Waals surface area contributed by atoms with Crippen molar-refractivity contribution in [1.82, 2.24) is 0 Å². The average molecular weight is 203 g/mol. The van der Waals surface area contributed by atoms with Gasteiger partial charge in [0.2, 0.25) is 0 Å². The normalized spacial score (nSPS) is 12.9. The first-order chi connectivity index (χ1) is 6.13. The summed E-state index contributed by atoms with van der Waals surface area (Å²) in [6.07, 6.45) is 0.840. The summed E-state index contributed by atoms with van der Waals surface area (Å²) < 4.78 is 12.7. The molecule has 1 aromatic rings. The van der Waals surface area contributed by atoms with Crippen molar-refractivity contribution in [3.8, 4) is 0 Å². The molecule has 0 aliphatic heterocycles. The lowest BCUT2D eigenvalue weighted by atomic mass is 10.1. The van der Waals surface area contributed by atoms with E-state index in [9.17, 15) is 9.50 Å². The molecule has 0 heterocycles. The molecule has 0 radical (unpaired) electrons. The maximum Gasteiger partial charge on any atom is 0.141 e. The van der Waals surface area contributed by atoms with Gasteiger partial charge in [0.1, 0.15) is 5.82 Å². The number of benzene rings is 1. The van der Waals surface area contributed by atoms with Gasteiger partial charge in [-0.15, -0.1) is 0 Å². The molecule has 3 heteroatoms. The highest BCUT2D eigenvalue weighted by Crippen LogP contribution is 2.17. The minimum atomic E-state index is -0.420. The molecule has 13 heavy (non-hydrogen) atoms. The highest BCUT2D eigenvalue weighted by Gasteiger charge is 2.05. The van der Waals surface area contributed by atoms with Crippen LogP contribution in [-0.4, -0.2) is 11.2 Å². The van der Waals surface area contributed by atoms with E-state index >= 15 is 0 Å². The predicted octanol–water partition coefficient (Wildman–Crippen LogP) is 2.79. The summed E-state index contributed by atoms with van der Waals surface area (Å²) in [6, 6.07) is 4.51. The predicted molar refractivity (Wildman–Crippen MR) is 51.4 cm³/mol. The van der Waals surface area contributed by atoms with E-state index in [0.29, 0.717) is 12.8 Å². The Morgan fingerprint density at radius 1 is 1.54 bits per heavy atom. The van der Waals surface area contributed by atoms with E-state index in [2.05, 4.69) is 0 Å². The lowest BCUT2D eigenvalue weighted by molar-refractivity contribution is 0.171. The van der Waals surface area contributed by atoms with Gasteiger partial charge in [-0.2, -0.15) is 0 Å². The van der Waals surface area contributed by atoms with Crippen LogP contribution in [0.4, 0.5) is 4.39 Å². The third kappa shape index (κ3) is 2.98. The molecular formula is C10H12ClFO. The van der Waals surface area contributed by atoms with Crippen LogP contribution in [0.1, 0.15) is 18.9 Å². The van der Waals surface area contributed by atoms with Crippen LogP contribution in [-0.2, 0) is 6.42 Å². The monoisotopic (exact) mass is 202 g/mol. The van der Waals surface area contributed by atoms with E-state index in [-0.39, 0.29) is 11.1 Å². The van der Waals surface area contributed by atoms with Crippen LogP contribution in [0.5, 0.6) is 0 Å². The summed E-state index contributed by atoms with van der Waals surface area (Å²) in [7, 11) is 0. The third-order valence-electron chi connectivity index (χ3n) is 1.93. The Hall–Kier alpha value is -0.600. The van der Waals surface area contributed by atoms with E-state index in [1.54, 1.807) is 12.1 Å². The zero-order valence-corrected chi connectivity index (χ0v) is 8.18. The quantitative estimate of drug-likeness (QED) is 0.799. The molecule has 72 valence electrons. The Morgan fingerprint density at radius 2 is 2.23 bits per heavy atom. The molecule has 1 unspecified atom stereocenters. The summed E-state index contributed by atoms with van der Waals surface area (Å²) in [5.41, 5.74) is 0.862. The zero-order chi connectivity index (χ0) is 9.84. The maximum atomic E-state index is 12.7. The zero-order valence-electron chi connectivity index (χ0n) is 7.43. The fourth-order valence-electron chi connectivity index (χ4n) is 1.08. The first-order valence-electron chi connectivity index (χ1n) is 4.25. The summed E-state index contributed by atoms with van der Waals surface area (Å²) in [6.45, 7) is 1.90. The smallest absolute Gasteiger partial charge is 0.141 e. The lowest BCUT2D eigenvalue weighted by Crippen LogP contribution is -2.08. The van der Waals surface area contributed by atoms with E-state index in [1.165, 1.54) is 6.07 Å². The molecule has 0 aliphatic carbocycles. The molecule has 1 N–H and O–H groups in total. The topological polar surface area (TPSA) is 20.2 Å². The molecule has 0 amide bonds. The summed E-state index contributed by atoms with van der Waals surface area (Å²) in [4.78, 5) is 0. The van der Waals surface area contributed by atoms with Crippen LogP contribution < -0.4 is 0 Å². The van der Waals surface area contributed by atoms with Crippen molar-refractivity contribution in [3.05, 3.63) is 34.6 Å². The van der Waals surface area contributed by atoms with Gasteiger partial charge in [0.25, 0.3) is 0 Å². The largest absolute Gasteiger partial charge is 0.393 e. The molecule has 0 spiro atoms. The standard InChI is InChI=1S/C10H12ClFO/c1-2-8(13)5-7-3-4-10(12)9(11)6-7/h3-4,6,8,13H,2,5H2,1H3. The van der Waals surface area contributed by atoms with Crippen molar-refractivity contribution in [2.75, 3.05) is 0 Å². The van der Waals surface area contributed by atoms with Crippen molar-refractivity contribution in [3.63, 3.8) is 0 Å². The fourth-order valence-corrected chi connectivity index (χ4v) is 1.29. The van der Waals surface area contributed by atoms with Crippen molar-refractivity contribution < 1.29 is 9.50 Å². The molecule has 0 saturated heterocycles. The molecule has 1 atom stereocenters. The molecule has 0 aromatic heterocycles. The van der Waals surface area contributed by atoms with Crippen molar-refractivity contribution in [2.45, 2.75) is 25.9 Å². The van der Waals surface area contributed by atoms with Gasteiger partial charge >= 0.3 is 0 Å². The number of rotatable bonds is 3. The average Bonchev–Trinajstić information content (AvgIpc) is 2.11. The molecular weight excluding hydrogens is 191 g/mol. The summed E-state index contributed by atoms with van der Waals surface area (Å²) in [5, 5.41) is 9.45. The first-order valence-corrected chi connectivity index (χ1v) is 4.63. The van der Waals surface area contributed by atoms with Crippen LogP contribution in [0.25, 0.3) is 0 Å². The van der Waals surface area contributed by atoms with Gasteiger partial charge in [0.15, 0.2) is 0 Å². The number of halogens is 2. The van der Waals surface area contributed by atoms with Gasteiger partial charge in [0.05, 0.1) is 11.1 Å².